The van der Waals surface area contributed by atoms with Crippen molar-refractivity contribution in [3.63, 3.8) is 0 Å². The molecule has 72 valence electrons. The number of benzene rings is 1. The molecule has 2 N–H and O–H groups in total. The van der Waals surface area contributed by atoms with E-state index in [1.54, 1.807) is 18.2 Å². The number of nitrogens with two attached hydrogens (primary N) is 1. The summed E-state index contributed by atoms with van der Waals surface area (Å²) in [6, 6.07) is 5.04. The van der Waals surface area contributed by atoms with Gasteiger partial charge in [-0.05, 0) is 19.1 Å². The van der Waals surface area contributed by atoms with Crippen LogP contribution in [0.3, 0.4) is 0 Å². The van der Waals surface area contributed by atoms with Gasteiger partial charge in [0, 0.05) is 11.1 Å². The topological polar surface area (TPSA) is 43.1 Å². The van der Waals surface area contributed by atoms with Crippen molar-refractivity contribution < 1.29 is 4.79 Å². The van der Waals surface area contributed by atoms with Crippen molar-refractivity contribution in [3.05, 3.63) is 34.3 Å². The van der Waals surface area contributed by atoms with Gasteiger partial charge in [0.25, 0.3) is 0 Å². The highest BCUT2D eigenvalue weighted by atomic mass is 35.5. The first-order valence-electron chi connectivity index (χ1n) is 4.14. The summed E-state index contributed by atoms with van der Waals surface area (Å²) in [6.07, 6.45) is 0. The maximum Gasteiger partial charge on any atom is 0.159 e. The maximum absolute atomic E-state index is 11.0. The molecule has 1 aromatic rings. The van der Waals surface area contributed by atoms with Gasteiger partial charge in [-0.25, -0.2) is 0 Å². The van der Waals surface area contributed by atoms with Crippen molar-refractivity contribution in [1.29, 1.82) is 0 Å². The van der Waals surface area contributed by atoms with E-state index in [0.717, 1.165) is 0 Å². The van der Waals surface area contributed by atoms with Crippen LogP contribution in [0, 0.1) is 11.8 Å². The molecular formula is C11H10ClNO. The van der Waals surface area contributed by atoms with Crippen LogP contribution >= 0.6 is 11.6 Å². The monoisotopic (exact) mass is 207 g/mol. The van der Waals surface area contributed by atoms with E-state index in [9.17, 15) is 4.79 Å². The van der Waals surface area contributed by atoms with E-state index in [4.69, 9.17) is 17.3 Å². The molecule has 0 atom stereocenters. The second-order valence-electron chi connectivity index (χ2n) is 2.76. The predicted molar refractivity (Wildman–Crippen MR) is 57.4 cm³/mol. The van der Waals surface area contributed by atoms with E-state index in [1.807, 2.05) is 0 Å². The molecule has 0 saturated carbocycles. The van der Waals surface area contributed by atoms with Gasteiger partial charge in [-0.2, -0.15) is 0 Å². The summed E-state index contributed by atoms with van der Waals surface area (Å²) in [6.45, 7) is 1.79. The second-order valence-corrected chi connectivity index (χ2v) is 3.16. The highest BCUT2D eigenvalue weighted by Gasteiger charge is 2.02. The van der Waals surface area contributed by atoms with E-state index in [-0.39, 0.29) is 5.78 Å². The third-order valence-electron chi connectivity index (χ3n) is 1.70. The molecule has 0 aliphatic rings. The number of rotatable bonds is 1. The predicted octanol–water partition coefficient (Wildman–Crippen LogP) is 1.85. The number of ketones is 1. The number of hydrogen-bond acceptors (Lipinski definition) is 2. The molecule has 1 aromatic carbocycles. The Morgan fingerprint density at radius 3 is 2.79 bits per heavy atom. The first-order valence-corrected chi connectivity index (χ1v) is 4.52. The third kappa shape index (κ3) is 2.59. The van der Waals surface area contributed by atoms with Gasteiger partial charge in [0.1, 0.15) is 0 Å². The molecule has 0 spiro atoms. The van der Waals surface area contributed by atoms with Crippen LogP contribution in [-0.2, 0) is 0 Å². The van der Waals surface area contributed by atoms with Gasteiger partial charge in [-0.3, -0.25) is 4.79 Å². The van der Waals surface area contributed by atoms with Gasteiger partial charge in [-0.1, -0.05) is 29.5 Å². The summed E-state index contributed by atoms with van der Waals surface area (Å²) in [5.74, 6) is 5.51. The first-order chi connectivity index (χ1) is 6.65. The van der Waals surface area contributed by atoms with Crippen molar-refractivity contribution >= 4 is 17.4 Å². The summed E-state index contributed by atoms with van der Waals surface area (Å²) in [5, 5.41) is 0.485. The van der Waals surface area contributed by atoms with Gasteiger partial charge < -0.3 is 5.73 Å². The van der Waals surface area contributed by atoms with Crippen LogP contribution in [0.1, 0.15) is 22.8 Å². The van der Waals surface area contributed by atoms with Gasteiger partial charge in [-0.15, -0.1) is 0 Å². The lowest BCUT2D eigenvalue weighted by Crippen LogP contribution is -1.94. The quantitative estimate of drug-likeness (QED) is 0.564. The zero-order chi connectivity index (χ0) is 10.6. The lowest BCUT2D eigenvalue weighted by atomic mass is 10.1. The molecule has 0 amide bonds. The molecule has 0 aromatic heterocycles. The highest BCUT2D eigenvalue weighted by Crippen LogP contribution is 2.17. The van der Waals surface area contributed by atoms with Gasteiger partial charge in [0.2, 0.25) is 0 Å². The van der Waals surface area contributed by atoms with E-state index in [2.05, 4.69) is 11.8 Å². The van der Waals surface area contributed by atoms with E-state index < -0.39 is 0 Å². The fraction of sp³-hybridized carbons (Fsp3) is 0.182. The molecule has 0 heterocycles. The number of carbonyl (C=O) groups excluding carboxylic acids is 1. The molecule has 0 fully saturated rings. The van der Waals surface area contributed by atoms with Crippen LogP contribution in [0.25, 0.3) is 0 Å². The first kappa shape index (κ1) is 10.8. The molecule has 14 heavy (non-hydrogen) atoms. The zero-order valence-electron chi connectivity index (χ0n) is 7.80. The highest BCUT2D eigenvalue weighted by molar-refractivity contribution is 6.32. The zero-order valence-corrected chi connectivity index (χ0v) is 8.56. The van der Waals surface area contributed by atoms with Crippen LogP contribution in [0.4, 0.5) is 0 Å². The third-order valence-corrected chi connectivity index (χ3v) is 2.01. The molecule has 3 heteroatoms. The van der Waals surface area contributed by atoms with E-state index in [1.165, 1.54) is 6.92 Å². The Kier molecular flexibility index (Phi) is 3.70. The molecule has 0 aliphatic heterocycles. The summed E-state index contributed by atoms with van der Waals surface area (Å²) in [7, 11) is 0. The van der Waals surface area contributed by atoms with Crippen LogP contribution < -0.4 is 5.73 Å². The summed E-state index contributed by atoms with van der Waals surface area (Å²) >= 11 is 5.91. The minimum atomic E-state index is -0.00904. The van der Waals surface area contributed by atoms with Gasteiger partial charge >= 0.3 is 0 Å². The second kappa shape index (κ2) is 4.80. The fourth-order valence-electron chi connectivity index (χ4n) is 0.982. The lowest BCUT2D eigenvalue weighted by molar-refractivity contribution is 0.101. The minimum absolute atomic E-state index is 0.00904. The van der Waals surface area contributed by atoms with Crippen molar-refractivity contribution in [2.75, 3.05) is 6.54 Å². The standard InChI is InChI=1S/C11H10ClNO/c1-8(14)10-5-4-9(3-2-6-13)11(12)7-10/h4-5,7H,6,13H2,1H3. The van der Waals surface area contributed by atoms with Crippen LogP contribution in [0.15, 0.2) is 18.2 Å². The summed E-state index contributed by atoms with van der Waals surface area (Å²) in [4.78, 5) is 11.0. The Labute approximate surface area is 88.1 Å². The number of halogens is 1. The maximum atomic E-state index is 11.0. The van der Waals surface area contributed by atoms with Crippen molar-refractivity contribution in [3.8, 4) is 11.8 Å². The van der Waals surface area contributed by atoms with Crippen LogP contribution in [0.2, 0.25) is 5.02 Å². The number of Topliss-reactive ketones (excluding diaryl/α,β-unsaturated/α-hetero) is 1. The Balaban J connectivity index is 3.07. The van der Waals surface area contributed by atoms with E-state index in [0.29, 0.717) is 22.7 Å². The van der Waals surface area contributed by atoms with Gasteiger partial charge in [0.15, 0.2) is 5.78 Å². The van der Waals surface area contributed by atoms with Gasteiger partial charge in [0.05, 0.1) is 11.6 Å². The van der Waals surface area contributed by atoms with Crippen molar-refractivity contribution in [2.24, 2.45) is 5.73 Å². The molecule has 0 radical (unpaired) electrons. The largest absolute Gasteiger partial charge is 0.320 e. The molecule has 0 aliphatic carbocycles. The van der Waals surface area contributed by atoms with Crippen molar-refractivity contribution in [2.45, 2.75) is 6.92 Å². The Morgan fingerprint density at radius 1 is 1.57 bits per heavy atom. The summed E-state index contributed by atoms with van der Waals surface area (Å²) < 4.78 is 0. The molecule has 0 bridgehead atoms. The normalized spacial score (nSPS) is 9.07. The minimum Gasteiger partial charge on any atom is -0.320 e. The average molecular weight is 208 g/mol. The lowest BCUT2D eigenvalue weighted by Gasteiger charge is -1.98. The summed E-state index contributed by atoms with van der Waals surface area (Å²) in [5.41, 5.74) is 6.52. The van der Waals surface area contributed by atoms with Crippen LogP contribution in [-0.4, -0.2) is 12.3 Å². The smallest absolute Gasteiger partial charge is 0.159 e. The van der Waals surface area contributed by atoms with E-state index >= 15 is 0 Å². The number of carbonyl (C=O) groups is 1. The Morgan fingerprint density at radius 2 is 2.29 bits per heavy atom. The SMILES string of the molecule is CC(=O)c1ccc(C#CCN)c(Cl)c1. The Hall–Kier alpha value is -1.30. The van der Waals surface area contributed by atoms with Crippen LogP contribution in [0.5, 0.6) is 0 Å². The fourth-order valence-corrected chi connectivity index (χ4v) is 1.21. The molecule has 0 saturated heterocycles. The average Bonchev–Trinajstić information content (AvgIpc) is 2.15. The molecule has 2 nitrogen and oxygen atoms in total. The Bertz CT molecular complexity index is 415. The molecular weight excluding hydrogens is 198 g/mol. The molecule has 0 unspecified atom stereocenters. The number of hydrogen-bond donors (Lipinski definition) is 1. The van der Waals surface area contributed by atoms with Crippen molar-refractivity contribution in [1.82, 2.24) is 0 Å². The molecule has 1 rings (SSSR count).